The molecule has 1 heterocycles. The van der Waals surface area contributed by atoms with Gasteiger partial charge in [0.2, 0.25) is 0 Å². The molecule has 70 valence electrons. The second kappa shape index (κ2) is 6.67. The molecule has 0 bridgehead atoms. The van der Waals surface area contributed by atoms with Crippen LogP contribution in [0.4, 0.5) is 0 Å². The quantitative estimate of drug-likeness (QED) is 0.463. The number of aromatic nitrogens is 1. The standard InChI is InChI=1S/C10H16N.BrH.Zn/c1-10(2,3)9-11-7-5-4-6-8-11;;/h4-8H,9H2,1-3H3;1H;/q+1;;/p-1. The van der Waals surface area contributed by atoms with E-state index >= 15 is 0 Å². The van der Waals surface area contributed by atoms with E-state index in [0.717, 1.165) is 6.54 Å². The van der Waals surface area contributed by atoms with Crippen LogP contribution in [0.2, 0.25) is 0 Å². The molecule has 1 nitrogen and oxygen atoms in total. The third-order valence-corrected chi connectivity index (χ3v) is 1.43. The van der Waals surface area contributed by atoms with E-state index in [-0.39, 0.29) is 36.5 Å². The van der Waals surface area contributed by atoms with Crippen molar-refractivity contribution in [2.75, 3.05) is 0 Å². The molecule has 0 amide bonds. The zero-order valence-electron chi connectivity index (χ0n) is 8.63. The molecule has 0 aliphatic carbocycles. The summed E-state index contributed by atoms with van der Waals surface area (Å²) in [5, 5.41) is 0. The molecular formula is C10H16BrNZn. The van der Waals surface area contributed by atoms with Gasteiger partial charge in [-0.05, 0) is 0 Å². The predicted molar refractivity (Wildman–Crippen MR) is 46.1 cm³/mol. The Labute approximate surface area is 104 Å². The molecule has 0 saturated heterocycles. The Morgan fingerprint density at radius 1 is 1.00 bits per heavy atom. The van der Waals surface area contributed by atoms with Crippen molar-refractivity contribution < 1.29 is 41.0 Å². The van der Waals surface area contributed by atoms with Crippen LogP contribution in [0.25, 0.3) is 0 Å². The molecule has 1 aromatic rings. The number of hydrogen-bond acceptors (Lipinski definition) is 0. The van der Waals surface area contributed by atoms with Crippen molar-refractivity contribution in [2.45, 2.75) is 27.3 Å². The Bertz CT molecular complexity index is 218. The van der Waals surface area contributed by atoms with Crippen LogP contribution < -0.4 is 21.5 Å². The third-order valence-electron chi connectivity index (χ3n) is 1.43. The number of halogens is 1. The largest absolute Gasteiger partial charge is 1.00 e. The van der Waals surface area contributed by atoms with Crippen LogP contribution in [0, 0.1) is 5.41 Å². The minimum Gasteiger partial charge on any atom is -1.00 e. The Morgan fingerprint density at radius 2 is 1.46 bits per heavy atom. The smallest absolute Gasteiger partial charge is 0.168 e. The van der Waals surface area contributed by atoms with E-state index < -0.39 is 0 Å². The summed E-state index contributed by atoms with van der Waals surface area (Å²) >= 11 is 0. The molecule has 3 heteroatoms. The summed E-state index contributed by atoms with van der Waals surface area (Å²) < 4.78 is 2.21. The fraction of sp³-hybridized carbons (Fsp3) is 0.500. The molecule has 0 unspecified atom stereocenters. The van der Waals surface area contributed by atoms with E-state index in [9.17, 15) is 0 Å². The summed E-state index contributed by atoms with van der Waals surface area (Å²) in [5.74, 6) is 0. The first-order chi connectivity index (χ1) is 5.08. The average Bonchev–Trinajstić information content (AvgIpc) is 1.85. The van der Waals surface area contributed by atoms with E-state index in [1.54, 1.807) is 0 Å². The van der Waals surface area contributed by atoms with Gasteiger partial charge in [-0.3, -0.25) is 0 Å². The maximum atomic E-state index is 2.24. The van der Waals surface area contributed by atoms with Crippen molar-refractivity contribution in [1.82, 2.24) is 0 Å². The van der Waals surface area contributed by atoms with E-state index in [0.29, 0.717) is 5.41 Å². The van der Waals surface area contributed by atoms with Gasteiger partial charge in [0, 0.05) is 37.0 Å². The maximum Gasteiger partial charge on any atom is 0.168 e. The first kappa shape index (κ1) is 15.7. The molecule has 13 heavy (non-hydrogen) atoms. The number of hydrogen-bond donors (Lipinski definition) is 0. The first-order valence-corrected chi connectivity index (χ1v) is 4.02. The summed E-state index contributed by atoms with van der Waals surface area (Å²) in [6, 6.07) is 6.16. The number of rotatable bonds is 1. The van der Waals surface area contributed by atoms with Crippen molar-refractivity contribution in [3.05, 3.63) is 30.6 Å². The average molecular weight is 296 g/mol. The summed E-state index contributed by atoms with van der Waals surface area (Å²) in [7, 11) is 0. The molecule has 0 fully saturated rings. The zero-order valence-corrected chi connectivity index (χ0v) is 13.2. The van der Waals surface area contributed by atoms with Crippen molar-refractivity contribution in [3.8, 4) is 0 Å². The molecule has 0 aliphatic heterocycles. The molecule has 0 N–H and O–H groups in total. The molecule has 0 aliphatic rings. The van der Waals surface area contributed by atoms with Crippen LogP contribution >= 0.6 is 0 Å². The third kappa shape index (κ3) is 7.33. The second-order valence-electron chi connectivity index (χ2n) is 4.11. The summed E-state index contributed by atoms with van der Waals surface area (Å²) in [6.07, 6.45) is 4.20. The Balaban J connectivity index is 0. The van der Waals surface area contributed by atoms with Gasteiger partial charge < -0.3 is 17.0 Å². The fourth-order valence-electron chi connectivity index (χ4n) is 1.09. The van der Waals surface area contributed by atoms with Gasteiger partial charge in [-0.1, -0.05) is 26.8 Å². The molecule has 1 rings (SSSR count). The Hall–Kier alpha value is 0.253. The van der Waals surface area contributed by atoms with Gasteiger partial charge in [-0.2, -0.15) is 0 Å². The van der Waals surface area contributed by atoms with Crippen LogP contribution in [0.15, 0.2) is 30.6 Å². The molecule has 0 atom stereocenters. The van der Waals surface area contributed by atoms with Crippen LogP contribution in [0.1, 0.15) is 20.8 Å². The van der Waals surface area contributed by atoms with Gasteiger partial charge in [0.05, 0.1) is 0 Å². The molecule has 0 radical (unpaired) electrons. The first-order valence-electron chi connectivity index (χ1n) is 4.02. The molecule has 1 aromatic heterocycles. The van der Waals surface area contributed by atoms with Gasteiger partial charge >= 0.3 is 0 Å². The Morgan fingerprint density at radius 3 is 1.85 bits per heavy atom. The Kier molecular flexibility index (Phi) is 8.06. The minimum atomic E-state index is 0. The van der Waals surface area contributed by atoms with Gasteiger partial charge in [0.1, 0.15) is 0 Å². The molecule has 0 spiro atoms. The second-order valence-corrected chi connectivity index (χ2v) is 4.11. The topological polar surface area (TPSA) is 3.88 Å². The van der Waals surface area contributed by atoms with E-state index in [1.165, 1.54) is 0 Å². The summed E-state index contributed by atoms with van der Waals surface area (Å²) in [6.45, 7) is 7.81. The van der Waals surface area contributed by atoms with Crippen molar-refractivity contribution in [3.63, 3.8) is 0 Å². The molecule has 0 aromatic carbocycles. The van der Waals surface area contributed by atoms with Gasteiger partial charge in [0.25, 0.3) is 0 Å². The van der Waals surface area contributed by atoms with E-state index in [2.05, 4.69) is 49.9 Å². The van der Waals surface area contributed by atoms with Crippen LogP contribution in [-0.2, 0) is 26.0 Å². The molecular weight excluding hydrogens is 279 g/mol. The van der Waals surface area contributed by atoms with E-state index in [4.69, 9.17) is 0 Å². The van der Waals surface area contributed by atoms with Crippen LogP contribution in [0.3, 0.4) is 0 Å². The fourth-order valence-corrected chi connectivity index (χ4v) is 1.09. The van der Waals surface area contributed by atoms with Gasteiger partial charge in [-0.25, -0.2) is 4.57 Å². The van der Waals surface area contributed by atoms with Gasteiger partial charge in [-0.15, -0.1) is 0 Å². The van der Waals surface area contributed by atoms with Crippen molar-refractivity contribution in [2.24, 2.45) is 5.41 Å². The van der Waals surface area contributed by atoms with Gasteiger partial charge in [0.15, 0.2) is 18.9 Å². The number of pyridine rings is 1. The summed E-state index contributed by atoms with van der Waals surface area (Å²) in [5.41, 5.74) is 0.367. The monoisotopic (exact) mass is 293 g/mol. The zero-order chi connectivity index (χ0) is 8.32. The maximum absolute atomic E-state index is 2.24. The van der Waals surface area contributed by atoms with E-state index in [1.807, 2.05) is 6.07 Å². The van der Waals surface area contributed by atoms with Crippen molar-refractivity contribution >= 4 is 0 Å². The number of nitrogens with zero attached hydrogens (tertiary/aromatic N) is 1. The normalized spacial score (nSPS) is 9.77. The van der Waals surface area contributed by atoms with Crippen LogP contribution in [0.5, 0.6) is 0 Å². The van der Waals surface area contributed by atoms with Crippen LogP contribution in [-0.4, -0.2) is 0 Å². The predicted octanol–water partition coefficient (Wildman–Crippen LogP) is -0.978. The SMILES string of the molecule is CC(C)(C)C[n+]1ccccc1.[Br-].[Zn]. The molecule has 0 saturated carbocycles. The summed E-state index contributed by atoms with van der Waals surface area (Å²) in [4.78, 5) is 0. The van der Waals surface area contributed by atoms with Crippen molar-refractivity contribution in [1.29, 1.82) is 0 Å². The minimum absolute atomic E-state index is 0.